The summed E-state index contributed by atoms with van der Waals surface area (Å²) in [5, 5.41) is 32.0. The van der Waals surface area contributed by atoms with Crippen LogP contribution in [-0.2, 0) is 30.6 Å². The molecule has 5 atom stereocenters. The SMILES string of the molecule is C[C@@H](O)[C@H](NC(=O)[C@@H]1CCCN1C(=O)[C@@H]1CCCN1C(=O)[C@@H](CO)N(Cc1ccccc1)C(=O)O)C(=O)ON. The van der Waals surface area contributed by atoms with Crippen molar-refractivity contribution in [1.82, 2.24) is 20.0 Å². The third-order valence-electron chi connectivity index (χ3n) is 7.09. The Morgan fingerprint density at radius 2 is 1.69 bits per heavy atom. The Morgan fingerprint density at radius 1 is 1.08 bits per heavy atom. The van der Waals surface area contributed by atoms with E-state index in [0.717, 1.165) is 4.90 Å². The van der Waals surface area contributed by atoms with Crippen LogP contribution in [0.2, 0.25) is 0 Å². The van der Waals surface area contributed by atoms with Crippen LogP contribution < -0.4 is 11.2 Å². The number of carbonyl (C=O) groups is 5. The first-order chi connectivity index (χ1) is 18.6. The second-order valence-corrected chi connectivity index (χ2v) is 9.64. The minimum Gasteiger partial charge on any atom is -0.465 e. The molecule has 4 amide bonds. The monoisotopic (exact) mass is 549 g/mol. The smallest absolute Gasteiger partial charge is 0.408 e. The molecular weight excluding hydrogens is 514 g/mol. The number of benzene rings is 1. The summed E-state index contributed by atoms with van der Waals surface area (Å²) in [6.07, 6.45) is -1.13. The molecule has 39 heavy (non-hydrogen) atoms. The van der Waals surface area contributed by atoms with Crippen LogP contribution in [0.5, 0.6) is 0 Å². The summed E-state index contributed by atoms with van der Waals surface area (Å²) in [5.74, 6) is 1.97. The van der Waals surface area contributed by atoms with E-state index in [-0.39, 0.29) is 19.6 Å². The standard InChI is InChI=1S/C25H35N5O9/c1-15(32)20(24(36)39-26)27-21(33)17-9-5-11-28(17)22(34)18-10-6-12-29(18)23(35)19(14-31)30(25(37)38)13-16-7-3-2-4-8-16/h2-4,7-8,15,17-20,31-32H,5-6,9-14,26H2,1H3,(H,27,33)(H,37,38)/t15-,17+,18+,19-,20+/m1/s1. The lowest BCUT2D eigenvalue weighted by molar-refractivity contribution is -0.153. The van der Waals surface area contributed by atoms with Gasteiger partial charge < -0.3 is 35.3 Å². The molecule has 14 nitrogen and oxygen atoms in total. The highest BCUT2D eigenvalue weighted by Crippen LogP contribution is 2.26. The number of nitrogens with one attached hydrogen (secondary N) is 1. The van der Waals surface area contributed by atoms with Gasteiger partial charge in [0.25, 0.3) is 0 Å². The maximum absolute atomic E-state index is 13.6. The number of rotatable bonds is 10. The second-order valence-electron chi connectivity index (χ2n) is 9.64. The molecule has 2 aliphatic rings. The molecule has 0 aliphatic carbocycles. The Balaban J connectivity index is 1.76. The highest BCUT2D eigenvalue weighted by atomic mass is 16.7. The van der Waals surface area contributed by atoms with Crippen LogP contribution in [0.15, 0.2) is 30.3 Å². The third-order valence-corrected chi connectivity index (χ3v) is 7.09. The van der Waals surface area contributed by atoms with E-state index in [2.05, 4.69) is 10.2 Å². The lowest BCUT2D eigenvalue weighted by Crippen LogP contribution is -2.58. The zero-order chi connectivity index (χ0) is 28.7. The number of likely N-dealkylation sites (tertiary alicyclic amines) is 2. The van der Waals surface area contributed by atoms with Gasteiger partial charge in [0.05, 0.1) is 12.7 Å². The summed E-state index contributed by atoms with van der Waals surface area (Å²) in [6, 6.07) is 3.86. The molecule has 2 saturated heterocycles. The molecular formula is C25H35N5O9. The Bertz CT molecular complexity index is 1050. The van der Waals surface area contributed by atoms with E-state index in [0.29, 0.717) is 31.2 Å². The summed E-state index contributed by atoms with van der Waals surface area (Å²) in [7, 11) is 0. The summed E-state index contributed by atoms with van der Waals surface area (Å²) in [4.78, 5) is 71.5. The first-order valence-electron chi connectivity index (χ1n) is 12.7. The molecule has 0 saturated carbocycles. The van der Waals surface area contributed by atoms with Gasteiger partial charge in [-0.25, -0.2) is 9.59 Å². The van der Waals surface area contributed by atoms with Crippen LogP contribution >= 0.6 is 0 Å². The van der Waals surface area contributed by atoms with E-state index in [1.165, 1.54) is 16.7 Å². The highest BCUT2D eigenvalue weighted by molar-refractivity contribution is 5.95. The molecule has 6 N–H and O–H groups in total. The summed E-state index contributed by atoms with van der Waals surface area (Å²) in [6.45, 7) is 0.777. The van der Waals surface area contributed by atoms with Gasteiger partial charge in [-0.2, -0.15) is 5.90 Å². The largest absolute Gasteiger partial charge is 0.465 e. The molecule has 2 fully saturated rings. The molecule has 2 aliphatic heterocycles. The Labute approximate surface area is 225 Å². The number of carboxylic acid groups (broad SMARTS) is 1. The van der Waals surface area contributed by atoms with Gasteiger partial charge in [0.2, 0.25) is 17.7 Å². The van der Waals surface area contributed by atoms with Crippen molar-refractivity contribution in [1.29, 1.82) is 0 Å². The predicted octanol–water partition coefficient (Wildman–Crippen LogP) is -1.21. The van der Waals surface area contributed by atoms with Gasteiger partial charge in [-0.1, -0.05) is 30.3 Å². The van der Waals surface area contributed by atoms with Crippen molar-refractivity contribution in [3.05, 3.63) is 35.9 Å². The molecule has 14 heteroatoms. The molecule has 3 rings (SSSR count). The van der Waals surface area contributed by atoms with Crippen molar-refractivity contribution in [2.75, 3.05) is 19.7 Å². The van der Waals surface area contributed by atoms with E-state index in [1.54, 1.807) is 30.3 Å². The summed E-state index contributed by atoms with van der Waals surface area (Å²) < 4.78 is 0. The number of carbonyl (C=O) groups excluding carboxylic acids is 4. The number of hydrogen-bond donors (Lipinski definition) is 5. The van der Waals surface area contributed by atoms with Crippen molar-refractivity contribution < 1.29 is 44.1 Å². The normalized spacial score (nSPS) is 21.1. The molecule has 0 radical (unpaired) electrons. The Hall–Kier alpha value is -3.75. The minimum atomic E-state index is -1.43. The quantitative estimate of drug-likeness (QED) is 0.220. The molecule has 1 aromatic carbocycles. The van der Waals surface area contributed by atoms with Crippen molar-refractivity contribution >= 4 is 29.8 Å². The molecule has 1 aromatic rings. The summed E-state index contributed by atoms with van der Waals surface area (Å²) >= 11 is 0. The van der Waals surface area contributed by atoms with Gasteiger partial charge >= 0.3 is 12.1 Å². The Morgan fingerprint density at radius 3 is 2.26 bits per heavy atom. The topological polar surface area (TPSA) is 203 Å². The van der Waals surface area contributed by atoms with Crippen LogP contribution in [0.1, 0.15) is 38.2 Å². The van der Waals surface area contributed by atoms with Crippen molar-refractivity contribution in [2.24, 2.45) is 5.90 Å². The fraction of sp³-hybridized carbons (Fsp3) is 0.560. The van der Waals surface area contributed by atoms with E-state index in [4.69, 9.17) is 5.90 Å². The molecule has 0 bridgehead atoms. The van der Waals surface area contributed by atoms with E-state index < -0.39 is 66.7 Å². The van der Waals surface area contributed by atoms with E-state index in [9.17, 15) is 39.3 Å². The van der Waals surface area contributed by atoms with Gasteiger partial charge in [-0.05, 0) is 38.2 Å². The number of aliphatic hydroxyl groups is 2. The number of amides is 4. The first kappa shape index (κ1) is 29.8. The highest BCUT2D eigenvalue weighted by Gasteiger charge is 2.45. The Kier molecular flexibility index (Phi) is 10.2. The number of nitrogens with zero attached hydrogens (tertiary/aromatic N) is 3. The minimum absolute atomic E-state index is 0.135. The molecule has 0 spiro atoms. The van der Waals surface area contributed by atoms with Gasteiger partial charge in [-0.15, -0.1) is 0 Å². The first-order valence-corrected chi connectivity index (χ1v) is 12.7. The number of nitrogens with two attached hydrogens (primary N) is 1. The number of aliphatic hydroxyl groups excluding tert-OH is 2. The van der Waals surface area contributed by atoms with Gasteiger partial charge in [0.15, 0.2) is 6.04 Å². The van der Waals surface area contributed by atoms with E-state index >= 15 is 0 Å². The predicted molar refractivity (Wildman–Crippen MR) is 134 cm³/mol. The van der Waals surface area contributed by atoms with Crippen LogP contribution in [-0.4, -0.2) is 110 Å². The zero-order valence-corrected chi connectivity index (χ0v) is 21.6. The van der Waals surface area contributed by atoms with Crippen molar-refractivity contribution in [3.8, 4) is 0 Å². The van der Waals surface area contributed by atoms with Gasteiger partial charge in [-0.3, -0.25) is 19.3 Å². The fourth-order valence-corrected chi connectivity index (χ4v) is 5.07. The van der Waals surface area contributed by atoms with Crippen molar-refractivity contribution in [3.63, 3.8) is 0 Å². The van der Waals surface area contributed by atoms with Crippen LogP contribution in [0.25, 0.3) is 0 Å². The molecule has 214 valence electrons. The molecule has 2 heterocycles. The molecule has 0 unspecified atom stereocenters. The van der Waals surface area contributed by atoms with Crippen LogP contribution in [0.4, 0.5) is 4.79 Å². The average molecular weight is 550 g/mol. The second kappa shape index (κ2) is 13.4. The lowest BCUT2D eigenvalue weighted by atomic mass is 10.1. The average Bonchev–Trinajstić information content (AvgIpc) is 3.61. The van der Waals surface area contributed by atoms with E-state index in [1.807, 2.05) is 0 Å². The zero-order valence-electron chi connectivity index (χ0n) is 21.6. The maximum Gasteiger partial charge on any atom is 0.408 e. The maximum atomic E-state index is 13.6. The van der Waals surface area contributed by atoms with Gasteiger partial charge in [0.1, 0.15) is 18.1 Å². The fourth-order valence-electron chi connectivity index (χ4n) is 5.07. The van der Waals surface area contributed by atoms with Crippen LogP contribution in [0, 0.1) is 0 Å². The van der Waals surface area contributed by atoms with Crippen LogP contribution in [0.3, 0.4) is 0 Å². The molecule has 0 aromatic heterocycles. The number of hydrogen-bond acceptors (Lipinski definition) is 9. The lowest BCUT2D eigenvalue weighted by Gasteiger charge is -2.35. The van der Waals surface area contributed by atoms with Crippen molar-refractivity contribution in [2.45, 2.75) is 69.4 Å². The van der Waals surface area contributed by atoms with Gasteiger partial charge in [0, 0.05) is 19.6 Å². The third kappa shape index (κ3) is 6.82. The summed E-state index contributed by atoms with van der Waals surface area (Å²) in [5.41, 5.74) is 0.625.